The minimum absolute atomic E-state index is 0.576. The molecule has 0 bridgehead atoms. The molecule has 0 fully saturated rings. The molecule has 0 rings (SSSR count). The number of rotatable bonds is 6. The molecule has 0 heterocycles. The van der Waals surface area contributed by atoms with Crippen LogP contribution in [0.4, 0.5) is 0 Å². The summed E-state index contributed by atoms with van der Waals surface area (Å²) in [5, 5.41) is 3.21. The number of hydrogen-bond acceptors (Lipinski definition) is 1. The lowest BCUT2D eigenvalue weighted by Crippen LogP contribution is -2.31. The van der Waals surface area contributed by atoms with Crippen molar-refractivity contribution in [3.8, 4) is 0 Å². The van der Waals surface area contributed by atoms with Crippen molar-refractivity contribution in [2.24, 2.45) is 5.92 Å². The van der Waals surface area contributed by atoms with Gasteiger partial charge in [-0.2, -0.15) is 0 Å². The van der Waals surface area contributed by atoms with Crippen molar-refractivity contribution < 1.29 is 0 Å². The number of nitrogens with one attached hydrogen (secondary N) is 1. The molecule has 2 heteroatoms. The van der Waals surface area contributed by atoms with Crippen LogP contribution in [0.5, 0.6) is 0 Å². The van der Waals surface area contributed by atoms with E-state index in [1.54, 1.807) is 5.49 Å². The summed E-state index contributed by atoms with van der Waals surface area (Å²) in [7, 11) is 0. The van der Waals surface area contributed by atoms with E-state index < -0.39 is 0 Å². The standard InChI is InChI=1S/C9H19NS/c1-4-5-6-9(8(2)3)10-7-11/h7-9H,4-6H2,1-3H3,(H,10,11). The molecule has 0 aromatic rings. The fourth-order valence-electron chi connectivity index (χ4n) is 1.12. The summed E-state index contributed by atoms with van der Waals surface area (Å²) in [6.07, 6.45) is 3.79. The Kier molecular flexibility index (Phi) is 6.52. The first kappa shape index (κ1) is 10.9. The molecule has 0 aromatic heterocycles. The zero-order valence-electron chi connectivity index (χ0n) is 7.76. The summed E-state index contributed by atoms with van der Waals surface area (Å²) < 4.78 is 0. The van der Waals surface area contributed by atoms with Crippen molar-refractivity contribution in [3.63, 3.8) is 0 Å². The van der Waals surface area contributed by atoms with E-state index in [0.717, 1.165) is 0 Å². The molecule has 0 aliphatic rings. The van der Waals surface area contributed by atoms with Gasteiger partial charge in [0.05, 0.1) is 5.49 Å². The van der Waals surface area contributed by atoms with Gasteiger partial charge in [0.25, 0.3) is 0 Å². The third-order valence-corrected chi connectivity index (χ3v) is 2.09. The van der Waals surface area contributed by atoms with Crippen LogP contribution >= 0.6 is 12.2 Å². The van der Waals surface area contributed by atoms with Crippen LogP contribution in [0.2, 0.25) is 0 Å². The second kappa shape index (κ2) is 6.59. The maximum atomic E-state index is 4.76. The van der Waals surface area contributed by atoms with Gasteiger partial charge in [-0.15, -0.1) is 0 Å². The minimum Gasteiger partial charge on any atom is -0.379 e. The normalized spacial score (nSPS) is 13.1. The van der Waals surface area contributed by atoms with Crippen molar-refractivity contribution in [1.29, 1.82) is 0 Å². The highest BCUT2D eigenvalue weighted by atomic mass is 32.1. The topological polar surface area (TPSA) is 12.0 Å². The van der Waals surface area contributed by atoms with Crippen LogP contribution in [-0.2, 0) is 0 Å². The molecule has 1 N–H and O–H groups in total. The van der Waals surface area contributed by atoms with E-state index in [-0.39, 0.29) is 0 Å². The number of unbranched alkanes of at least 4 members (excludes halogenated alkanes) is 1. The molecule has 1 atom stereocenters. The molecular weight excluding hydrogens is 154 g/mol. The van der Waals surface area contributed by atoms with Crippen molar-refractivity contribution in [2.45, 2.75) is 46.1 Å². The fourth-order valence-corrected chi connectivity index (χ4v) is 1.30. The van der Waals surface area contributed by atoms with Crippen molar-refractivity contribution in [1.82, 2.24) is 5.32 Å². The first-order chi connectivity index (χ1) is 5.22. The highest BCUT2D eigenvalue weighted by Gasteiger charge is 2.09. The van der Waals surface area contributed by atoms with Gasteiger partial charge in [-0.25, -0.2) is 0 Å². The van der Waals surface area contributed by atoms with Crippen LogP contribution in [0.1, 0.15) is 40.0 Å². The average molecular weight is 173 g/mol. The summed E-state index contributed by atoms with van der Waals surface area (Å²) in [5.74, 6) is 0.681. The highest BCUT2D eigenvalue weighted by Crippen LogP contribution is 2.08. The molecule has 11 heavy (non-hydrogen) atoms. The van der Waals surface area contributed by atoms with Gasteiger partial charge in [-0.05, 0) is 12.3 Å². The predicted octanol–water partition coefficient (Wildman–Crippen LogP) is 2.75. The number of thiocarbonyl (C=S) groups is 1. The van der Waals surface area contributed by atoms with Crippen LogP contribution in [0.3, 0.4) is 0 Å². The third kappa shape index (κ3) is 5.19. The van der Waals surface area contributed by atoms with E-state index in [2.05, 4.69) is 26.1 Å². The van der Waals surface area contributed by atoms with E-state index >= 15 is 0 Å². The van der Waals surface area contributed by atoms with Crippen molar-refractivity contribution >= 4 is 17.7 Å². The predicted molar refractivity (Wildman–Crippen MR) is 54.9 cm³/mol. The van der Waals surface area contributed by atoms with Gasteiger partial charge in [0.2, 0.25) is 0 Å². The first-order valence-electron chi connectivity index (χ1n) is 4.42. The summed E-state index contributed by atoms with van der Waals surface area (Å²) >= 11 is 4.76. The summed E-state index contributed by atoms with van der Waals surface area (Å²) in [5.41, 5.74) is 1.64. The van der Waals surface area contributed by atoms with Crippen molar-refractivity contribution in [2.75, 3.05) is 0 Å². The maximum Gasteiger partial charge on any atom is 0.0617 e. The van der Waals surface area contributed by atoms with E-state index in [4.69, 9.17) is 12.2 Å². The smallest absolute Gasteiger partial charge is 0.0617 e. The van der Waals surface area contributed by atoms with Gasteiger partial charge in [-0.3, -0.25) is 0 Å². The molecule has 0 aliphatic carbocycles. The van der Waals surface area contributed by atoms with E-state index in [9.17, 15) is 0 Å². The van der Waals surface area contributed by atoms with Crippen molar-refractivity contribution in [3.05, 3.63) is 0 Å². The largest absolute Gasteiger partial charge is 0.379 e. The zero-order chi connectivity index (χ0) is 8.69. The second-order valence-corrected chi connectivity index (χ2v) is 3.51. The second-order valence-electron chi connectivity index (χ2n) is 3.28. The Balaban J connectivity index is 3.59. The molecule has 0 spiro atoms. The van der Waals surface area contributed by atoms with Gasteiger partial charge >= 0.3 is 0 Å². The first-order valence-corrected chi connectivity index (χ1v) is 4.89. The maximum absolute atomic E-state index is 4.76. The van der Waals surface area contributed by atoms with Gasteiger partial charge in [0.15, 0.2) is 0 Å². The monoisotopic (exact) mass is 173 g/mol. The minimum atomic E-state index is 0.576. The van der Waals surface area contributed by atoms with Crippen LogP contribution in [0, 0.1) is 5.92 Å². The van der Waals surface area contributed by atoms with Gasteiger partial charge in [-0.1, -0.05) is 45.8 Å². The third-order valence-electron chi connectivity index (χ3n) is 1.96. The highest BCUT2D eigenvalue weighted by molar-refractivity contribution is 7.78. The van der Waals surface area contributed by atoms with E-state index in [1.807, 2.05) is 0 Å². The summed E-state index contributed by atoms with van der Waals surface area (Å²) in [4.78, 5) is 0. The average Bonchev–Trinajstić information content (AvgIpc) is 1.97. The van der Waals surface area contributed by atoms with Crippen LogP contribution in [0.15, 0.2) is 0 Å². The van der Waals surface area contributed by atoms with Gasteiger partial charge < -0.3 is 5.32 Å². The molecule has 66 valence electrons. The molecule has 1 unspecified atom stereocenters. The Morgan fingerprint density at radius 1 is 1.45 bits per heavy atom. The molecule has 1 nitrogen and oxygen atoms in total. The molecule has 0 aliphatic heterocycles. The Labute approximate surface area is 75.6 Å². The lowest BCUT2D eigenvalue weighted by Gasteiger charge is -2.20. The van der Waals surface area contributed by atoms with E-state index in [0.29, 0.717) is 12.0 Å². The fraction of sp³-hybridized carbons (Fsp3) is 0.889. The molecule has 0 aromatic carbocycles. The Bertz CT molecular complexity index is 102. The number of hydrogen-bond donors (Lipinski definition) is 1. The van der Waals surface area contributed by atoms with Crippen LogP contribution in [-0.4, -0.2) is 11.5 Å². The summed E-state index contributed by atoms with van der Waals surface area (Å²) in [6.45, 7) is 6.67. The van der Waals surface area contributed by atoms with Gasteiger partial charge in [0, 0.05) is 6.04 Å². The molecule has 0 amide bonds. The van der Waals surface area contributed by atoms with Crippen LogP contribution in [0.25, 0.3) is 0 Å². The lowest BCUT2D eigenvalue weighted by molar-refractivity contribution is 0.419. The Morgan fingerprint density at radius 3 is 2.45 bits per heavy atom. The Morgan fingerprint density at radius 2 is 2.09 bits per heavy atom. The lowest BCUT2D eigenvalue weighted by atomic mass is 9.99. The Hall–Kier alpha value is -0.110. The molecule has 0 saturated heterocycles. The quantitative estimate of drug-likeness (QED) is 0.620. The zero-order valence-corrected chi connectivity index (χ0v) is 8.58. The molecule has 0 radical (unpaired) electrons. The SMILES string of the molecule is CCCCC(NC=S)C(C)C. The summed E-state index contributed by atoms with van der Waals surface area (Å²) in [6, 6.07) is 0.576. The molecule has 0 saturated carbocycles. The van der Waals surface area contributed by atoms with E-state index in [1.165, 1.54) is 19.3 Å². The molecular formula is C9H19NS. The van der Waals surface area contributed by atoms with Crippen LogP contribution < -0.4 is 5.32 Å². The van der Waals surface area contributed by atoms with Gasteiger partial charge in [0.1, 0.15) is 0 Å².